The van der Waals surface area contributed by atoms with E-state index in [1.165, 1.54) is 17.8 Å². The molecule has 0 spiro atoms. The van der Waals surface area contributed by atoms with E-state index >= 15 is 0 Å². The summed E-state index contributed by atoms with van der Waals surface area (Å²) in [6.07, 6.45) is 3.45. The molecule has 3 aromatic heterocycles. The van der Waals surface area contributed by atoms with E-state index in [-0.39, 0.29) is 5.82 Å². The van der Waals surface area contributed by atoms with Crippen molar-refractivity contribution in [3.8, 4) is 28.5 Å². The van der Waals surface area contributed by atoms with Crippen LogP contribution in [-0.4, -0.2) is 29.9 Å². The van der Waals surface area contributed by atoms with Crippen LogP contribution in [0.25, 0.3) is 28.5 Å². The van der Waals surface area contributed by atoms with Gasteiger partial charge in [0.2, 0.25) is 11.7 Å². The molecule has 0 fully saturated rings. The van der Waals surface area contributed by atoms with Gasteiger partial charge in [0.05, 0.1) is 5.75 Å². The summed E-state index contributed by atoms with van der Waals surface area (Å²) in [5.41, 5.74) is 4.16. The maximum atomic E-state index is 13.9. The van der Waals surface area contributed by atoms with Crippen LogP contribution in [0.2, 0.25) is 0 Å². The first-order valence-electron chi connectivity index (χ1n) is 10.2. The Morgan fingerprint density at radius 3 is 2.48 bits per heavy atom. The lowest BCUT2D eigenvalue weighted by Crippen LogP contribution is -2.00. The number of aryl methyl sites for hydroxylation is 2. The van der Waals surface area contributed by atoms with Crippen LogP contribution in [0.3, 0.4) is 0 Å². The molecule has 0 saturated heterocycles. The lowest BCUT2D eigenvalue weighted by atomic mass is 10.1. The van der Waals surface area contributed by atoms with Gasteiger partial charge < -0.3 is 4.52 Å². The predicted molar refractivity (Wildman–Crippen MR) is 123 cm³/mol. The molecule has 0 aliphatic heterocycles. The van der Waals surface area contributed by atoms with Gasteiger partial charge in [0.1, 0.15) is 5.82 Å². The van der Waals surface area contributed by atoms with Crippen molar-refractivity contribution in [1.82, 2.24) is 29.9 Å². The third-order valence-electron chi connectivity index (χ3n) is 5.09. The minimum absolute atomic E-state index is 0.303. The molecule has 7 nitrogen and oxygen atoms in total. The largest absolute Gasteiger partial charge is 0.338 e. The van der Waals surface area contributed by atoms with Gasteiger partial charge in [-0.15, -0.1) is 10.2 Å². The van der Waals surface area contributed by atoms with Crippen molar-refractivity contribution in [2.24, 2.45) is 0 Å². The molecule has 0 bridgehead atoms. The zero-order valence-electron chi connectivity index (χ0n) is 17.9. The van der Waals surface area contributed by atoms with Gasteiger partial charge in [-0.1, -0.05) is 46.7 Å². The summed E-state index contributed by atoms with van der Waals surface area (Å²) in [5, 5.41) is 13.5. The van der Waals surface area contributed by atoms with E-state index in [1.54, 1.807) is 31.5 Å². The van der Waals surface area contributed by atoms with Crippen LogP contribution in [0, 0.1) is 19.7 Å². The second kappa shape index (κ2) is 8.95. The molecular formula is C24H19FN6OS. The first-order valence-corrected chi connectivity index (χ1v) is 11.2. The molecular weight excluding hydrogens is 439 g/mol. The molecule has 0 N–H and O–H groups in total. The highest BCUT2D eigenvalue weighted by atomic mass is 32.2. The average Bonchev–Trinajstić information content (AvgIpc) is 3.48. The normalized spacial score (nSPS) is 11.1. The van der Waals surface area contributed by atoms with E-state index in [1.807, 2.05) is 47.9 Å². The van der Waals surface area contributed by atoms with E-state index in [0.29, 0.717) is 39.6 Å². The molecule has 2 aromatic carbocycles. The SMILES string of the molecule is Cc1ccc(-n2c(SCc3nc(-c4ccc(C)c(F)c4)no3)nnc2-c2ccncc2)cc1. The fraction of sp³-hybridized carbons (Fsp3) is 0.125. The Hall–Kier alpha value is -3.85. The van der Waals surface area contributed by atoms with E-state index in [9.17, 15) is 4.39 Å². The number of thioether (sulfide) groups is 1. The second-order valence-electron chi connectivity index (χ2n) is 7.48. The quantitative estimate of drug-likeness (QED) is 0.314. The molecule has 0 saturated carbocycles. The zero-order chi connectivity index (χ0) is 22.8. The first kappa shape index (κ1) is 21.0. The summed E-state index contributed by atoms with van der Waals surface area (Å²) in [6, 6.07) is 16.8. The highest BCUT2D eigenvalue weighted by Gasteiger charge is 2.18. The molecule has 33 heavy (non-hydrogen) atoms. The van der Waals surface area contributed by atoms with Gasteiger partial charge in [0.15, 0.2) is 11.0 Å². The van der Waals surface area contributed by atoms with Crippen molar-refractivity contribution in [3.05, 3.63) is 89.8 Å². The molecule has 0 aliphatic carbocycles. The van der Waals surface area contributed by atoms with Crippen LogP contribution in [0.5, 0.6) is 0 Å². The zero-order valence-corrected chi connectivity index (χ0v) is 18.8. The Kier molecular flexibility index (Phi) is 5.70. The maximum Gasteiger partial charge on any atom is 0.237 e. The van der Waals surface area contributed by atoms with Crippen LogP contribution in [-0.2, 0) is 5.75 Å². The highest BCUT2D eigenvalue weighted by molar-refractivity contribution is 7.98. The molecule has 0 unspecified atom stereocenters. The van der Waals surface area contributed by atoms with Crippen molar-refractivity contribution in [1.29, 1.82) is 0 Å². The Balaban J connectivity index is 1.43. The average molecular weight is 459 g/mol. The molecule has 3 heterocycles. The third kappa shape index (κ3) is 4.40. The van der Waals surface area contributed by atoms with Crippen LogP contribution in [0.15, 0.2) is 76.7 Å². The summed E-state index contributed by atoms with van der Waals surface area (Å²) in [6.45, 7) is 3.75. The molecule has 0 radical (unpaired) electrons. The van der Waals surface area contributed by atoms with Gasteiger partial charge in [-0.05, 0) is 49.7 Å². The van der Waals surface area contributed by atoms with Crippen molar-refractivity contribution in [2.75, 3.05) is 0 Å². The van der Waals surface area contributed by atoms with Crippen molar-refractivity contribution in [2.45, 2.75) is 24.8 Å². The fourth-order valence-electron chi connectivity index (χ4n) is 3.27. The van der Waals surface area contributed by atoms with Crippen LogP contribution >= 0.6 is 11.8 Å². The number of rotatable bonds is 6. The summed E-state index contributed by atoms with van der Waals surface area (Å²) < 4.78 is 21.3. The molecule has 5 rings (SSSR count). The molecule has 164 valence electrons. The highest BCUT2D eigenvalue weighted by Crippen LogP contribution is 2.30. The summed E-state index contributed by atoms with van der Waals surface area (Å²) in [4.78, 5) is 8.51. The van der Waals surface area contributed by atoms with Crippen LogP contribution < -0.4 is 0 Å². The number of pyridine rings is 1. The molecule has 0 amide bonds. The third-order valence-corrected chi connectivity index (χ3v) is 6.00. The Morgan fingerprint density at radius 1 is 0.939 bits per heavy atom. The number of hydrogen-bond acceptors (Lipinski definition) is 7. The molecule has 0 aliphatic rings. The molecule has 5 aromatic rings. The van der Waals surface area contributed by atoms with Gasteiger partial charge in [0.25, 0.3) is 0 Å². The lowest BCUT2D eigenvalue weighted by Gasteiger charge is -2.10. The minimum Gasteiger partial charge on any atom is -0.338 e. The van der Waals surface area contributed by atoms with Gasteiger partial charge in [-0.2, -0.15) is 4.98 Å². The Labute approximate surface area is 193 Å². The number of aromatic nitrogens is 6. The molecule has 0 atom stereocenters. The van der Waals surface area contributed by atoms with E-state index in [2.05, 4.69) is 25.3 Å². The van der Waals surface area contributed by atoms with Crippen molar-refractivity contribution < 1.29 is 8.91 Å². The smallest absolute Gasteiger partial charge is 0.237 e. The van der Waals surface area contributed by atoms with E-state index in [4.69, 9.17) is 4.52 Å². The van der Waals surface area contributed by atoms with Gasteiger partial charge in [-0.25, -0.2) is 4.39 Å². The van der Waals surface area contributed by atoms with E-state index in [0.717, 1.165) is 16.8 Å². The Bertz CT molecular complexity index is 1400. The van der Waals surface area contributed by atoms with Crippen molar-refractivity contribution in [3.63, 3.8) is 0 Å². The second-order valence-corrected chi connectivity index (χ2v) is 8.42. The molecule has 9 heteroatoms. The van der Waals surface area contributed by atoms with Crippen LogP contribution in [0.4, 0.5) is 4.39 Å². The summed E-state index contributed by atoms with van der Waals surface area (Å²) in [7, 11) is 0. The van der Waals surface area contributed by atoms with Crippen LogP contribution in [0.1, 0.15) is 17.0 Å². The fourth-order valence-corrected chi connectivity index (χ4v) is 4.06. The van der Waals surface area contributed by atoms with Gasteiger partial charge >= 0.3 is 0 Å². The first-order chi connectivity index (χ1) is 16.1. The monoisotopic (exact) mass is 458 g/mol. The predicted octanol–water partition coefficient (Wildman–Crippen LogP) is 5.43. The maximum absolute atomic E-state index is 13.9. The number of halogens is 1. The number of benzene rings is 2. The van der Waals surface area contributed by atoms with Crippen molar-refractivity contribution >= 4 is 11.8 Å². The number of hydrogen-bond donors (Lipinski definition) is 0. The lowest BCUT2D eigenvalue weighted by molar-refractivity contribution is 0.391. The topological polar surface area (TPSA) is 82.5 Å². The standard InChI is InChI=1S/C24H19FN6OS/c1-15-3-7-19(8-4-15)31-23(17-9-11-26-12-10-17)28-29-24(31)33-14-21-27-22(30-32-21)18-6-5-16(2)20(25)13-18/h3-13H,14H2,1-2H3. The van der Waals surface area contributed by atoms with Gasteiger partial charge in [0, 0.05) is 29.2 Å². The summed E-state index contributed by atoms with van der Waals surface area (Å²) in [5.74, 6) is 1.57. The number of nitrogens with zero attached hydrogens (tertiary/aromatic N) is 6. The summed E-state index contributed by atoms with van der Waals surface area (Å²) >= 11 is 1.43. The Morgan fingerprint density at radius 2 is 1.73 bits per heavy atom. The minimum atomic E-state index is -0.303. The van der Waals surface area contributed by atoms with E-state index < -0.39 is 0 Å². The van der Waals surface area contributed by atoms with Gasteiger partial charge in [-0.3, -0.25) is 9.55 Å².